The zero-order chi connectivity index (χ0) is 20.0. The van der Waals surface area contributed by atoms with Crippen molar-refractivity contribution in [1.82, 2.24) is 0 Å². The van der Waals surface area contributed by atoms with Gasteiger partial charge in [-0.1, -0.05) is 23.7 Å². The van der Waals surface area contributed by atoms with Crippen LogP contribution in [0.4, 0.5) is 5.69 Å². The summed E-state index contributed by atoms with van der Waals surface area (Å²) in [7, 11) is 0.0704. The summed E-state index contributed by atoms with van der Waals surface area (Å²) in [5, 5.41) is 1.52. The van der Waals surface area contributed by atoms with E-state index in [4.69, 9.17) is 25.8 Å². The first-order chi connectivity index (χ1) is 12.8. The van der Waals surface area contributed by atoms with Gasteiger partial charge in [-0.15, -0.1) is 0 Å². The minimum atomic E-state index is -3.92. The van der Waals surface area contributed by atoms with Gasteiger partial charge in [0.05, 0.1) is 38.0 Å². The van der Waals surface area contributed by atoms with Gasteiger partial charge >= 0.3 is 5.97 Å². The summed E-state index contributed by atoms with van der Waals surface area (Å²) >= 11 is 5.80. The van der Waals surface area contributed by atoms with E-state index in [2.05, 4.69) is 4.72 Å². The molecule has 0 aliphatic rings. The summed E-state index contributed by atoms with van der Waals surface area (Å²) in [6, 6.07) is 9.31. The highest BCUT2D eigenvalue weighted by molar-refractivity contribution is 7.95. The minimum Gasteiger partial charge on any atom is -0.493 e. The molecule has 144 valence electrons. The Morgan fingerprint density at radius 1 is 1.04 bits per heavy atom. The van der Waals surface area contributed by atoms with Crippen LogP contribution in [0.1, 0.15) is 15.9 Å². The second kappa shape index (κ2) is 8.79. The third kappa shape index (κ3) is 5.38. The number of carbonyl (C=O) groups is 1. The molecule has 2 aromatic carbocycles. The largest absolute Gasteiger partial charge is 0.493 e. The summed E-state index contributed by atoms with van der Waals surface area (Å²) < 4.78 is 42.2. The van der Waals surface area contributed by atoms with Crippen LogP contribution in [-0.2, 0) is 14.8 Å². The van der Waals surface area contributed by atoms with Gasteiger partial charge in [0.25, 0.3) is 10.0 Å². The number of hydrogen-bond acceptors (Lipinski definition) is 6. The lowest BCUT2D eigenvalue weighted by Crippen LogP contribution is -2.14. The average molecular weight is 412 g/mol. The number of nitrogens with one attached hydrogen (secondary N) is 1. The standard InChI is InChI=1S/C18H18ClNO6S/c1-24-16-10-14(18(21)26-3)15(11-17(16)25-2)20-27(22,23)9-8-12-4-6-13(19)7-5-12/h4-11,20H,1-3H3/b9-8+. The number of ether oxygens (including phenoxy) is 3. The van der Waals surface area contributed by atoms with E-state index in [1.807, 2.05) is 0 Å². The Hall–Kier alpha value is -2.71. The van der Waals surface area contributed by atoms with Gasteiger partial charge in [0, 0.05) is 17.2 Å². The molecule has 27 heavy (non-hydrogen) atoms. The quantitative estimate of drug-likeness (QED) is 0.700. The number of halogens is 1. The lowest BCUT2D eigenvalue weighted by atomic mass is 10.1. The van der Waals surface area contributed by atoms with E-state index >= 15 is 0 Å². The topological polar surface area (TPSA) is 90.9 Å². The lowest BCUT2D eigenvalue weighted by Gasteiger charge is -2.14. The number of hydrogen-bond donors (Lipinski definition) is 1. The molecule has 0 saturated heterocycles. The molecule has 0 heterocycles. The van der Waals surface area contributed by atoms with Crippen LogP contribution >= 0.6 is 11.6 Å². The molecule has 0 unspecified atom stereocenters. The SMILES string of the molecule is COC(=O)c1cc(OC)c(OC)cc1NS(=O)(=O)/C=C/c1ccc(Cl)cc1. The molecule has 0 atom stereocenters. The molecule has 0 amide bonds. The number of carbonyl (C=O) groups excluding carboxylic acids is 1. The van der Waals surface area contributed by atoms with Crippen molar-refractivity contribution in [3.63, 3.8) is 0 Å². The van der Waals surface area contributed by atoms with Crippen molar-refractivity contribution in [3.8, 4) is 11.5 Å². The van der Waals surface area contributed by atoms with E-state index in [0.717, 1.165) is 5.41 Å². The van der Waals surface area contributed by atoms with Crippen molar-refractivity contribution in [2.24, 2.45) is 0 Å². The van der Waals surface area contributed by atoms with E-state index in [1.54, 1.807) is 24.3 Å². The van der Waals surface area contributed by atoms with Crippen molar-refractivity contribution in [3.05, 3.63) is 58.0 Å². The maximum absolute atomic E-state index is 12.4. The van der Waals surface area contributed by atoms with Crippen LogP contribution in [0.15, 0.2) is 41.8 Å². The predicted molar refractivity (Wildman–Crippen MR) is 104 cm³/mol. The summed E-state index contributed by atoms with van der Waals surface area (Å²) in [4.78, 5) is 12.0. The zero-order valence-electron chi connectivity index (χ0n) is 14.9. The fourth-order valence-electron chi connectivity index (χ4n) is 2.17. The van der Waals surface area contributed by atoms with Gasteiger partial charge in [-0.2, -0.15) is 0 Å². The van der Waals surface area contributed by atoms with Crippen LogP contribution in [0.5, 0.6) is 11.5 Å². The maximum atomic E-state index is 12.4. The second-order valence-corrected chi connectivity index (χ2v) is 7.25. The highest BCUT2D eigenvalue weighted by Crippen LogP contribution is 2.34. The lowest BCUT2D eigenvalue weighted by molar-refractivity contribution is 0.0601. The van der Waals surface area contributed by atoms with Crippen molar-refractivity contribution in [1.29, 1.82) is 0 Å². The summed E-state index contributed by atoms with van der Waals surface area (Å²) in [6.45, 7) is 0. The smallest absolute Gasteiger partial charge is 0.340 e. The number of anilines is 1. The molecule has 0 radical (unpaired) electrons. The predicted octanol–water partition coefficient (Wildman–Crippen LogP) is 3.56. The Balaban J connectivity index is 2.38. The molecule has 9 heteroatoms. The van der Waals surface area contributed by atoms with Crippen molar-refractivity contribution in [2.75, 3.05) is 26.1 Å². The van der Waals surface area contributed by atoms with E-state index in [-0.39, 0.29) is 22.7 Å². The number of rotatable bonds is 7. The number of benzene rings is 2. The Kier molecular flexibility index (Phi) is 6.70. The van der Waals surface area contributed by atoms with Gasteiger partial charge in [0.2, 0.25) is 0 Å². The van der Waals surface area contributed by atoms with Crippen molar-refractivity contribution < 1.29 is 27.4 Å². The fraction of sp³-hybridized carbons (Fsp3) is 0.167. The van der Waals surface area contributed by atoms with Crippen LogP contribution in [0.3, 0.4) is 0 Å². The monoisotopic (exact) mass is 411 g/mol. The third-order valence-corrected chi connectivity index (χ3v) is 4.74. The molecule has 0 aliphatic heterocycles. The third-order valence-electron chi connectivity index (χ3n) is 3.49. The van der Waals surface area contributed by atoms with Crippen LogP contribution in [0, 0.1) is 0 Å². The molecule has 0 fully saturated rings. The van der Waals surface area contributed by atoms with E-state index in [0.29, 0.717) is 10.6 Å². The van der Waals surface area contributed by atoms with Crippen LogP contribution in [-0.4, -0.2) is 35.7 Å². The highest BCUT2D eigenvalue weighted by Gasteiger charge is 2.20. The van der Waals surface area contributed by atoms with E-state index < -0.39 is 16.0 Å². The molecule has 0 spiro atoms. The number of methoxy groups -OCH3 is 3. The van der Waals surface area contributed by atoms with Gasteiger partial charge in [0.15, 0.2) is 11.5 Å². The van der Waals surface area contributed by atoms with Crippen LogP contribution in [0.2, 0.25) is 5.02 Å². The number of esters is 1. The van der Waals surface area contributed by atoms with E-state index in [1.165, 1.54) is 39.5 Å². The van der Waals surface area contributed by atoms with Gasteiger partial charge in [-0.3, -0.25) is 4.72 Å². The first kappa shape index (κ1) is 20.6. The van der Waals surface area contributed by atoms with Gasteiger partial charge < -0.3 is 14.2 Å². The van der Waals surface area contributed by atoms with E-state index in [9.17, 15) is 13.2 Å². The van der Waals surface area contributed by atoms with Crippen molar-refractivity contribution in [2.45, 2.75) is 0 Å². The summed E-state index contributed by atoms with van der Waals surface area (Å²) in [5.41, 5.74) is 0.629. The number of sulfonamides is 1. The van der Waals surface area contributed by atoms with Crippen molar-refractivity contribution >= 4 is 39.4 Å². The summed E-state index contributed by atoms with van der Waals surface area (Å²) in [6.07, 6.45) is 1.40. The Bertz CT molecular complexity index is 955. The molecule has 0 saturated carbocycles. The Morgan fingerprint density at radius 3 is 2.19 bits per heavy atom. The van der Waals surface area contributed by atoms with Crippen LogP contribution in [0.25, 0.3) is 6.08 Å². The van der Waals surface area contributed by atoms with Gasteiger partial charge in [0.1, 0.15) is 0 Å². The zero-order valence-corrected chi connectivity index (χ0v) is 16.4. The minimum absolute atomic E-state index is 0.000237. The second-order valence-electron chi connectivity index (χ2n) is 5.25. The maximum Gasteiger partial charge on any atom is 0.340 e. The normalized spacial score (nSPS) is 11.3. The van der Waals surface area contributed by atoms with Gasteiger partial charge in [-0.25, -0.2) is 13.2 Å². The molecular weight excluding hydrogens is 394 g/mol. The average Bonchev–Trinajstić information content (AvgIpc) is 2.66. The molecule has 0 bridgehead atoms. The van der Waals surface area contributed by atoms with Gasteiger partial charge in [-0.05, 0) is 23.8 Å². The first-order valence-corrected chi connectivity index (χ1v) is 9.53. The highest BCUT2D eigenvalue weighted by atomic mass is 35.5. The fourth-order valence-corrected chi connectivity index (χ4v) is 3.18. The Labute approximate surface area is 162 Å². The molecule has 1 N–H and O–H groups in total. The Morgan fingerprint density at radius 2 is 1.63 bits per heavy atom. The molecule has 7 nitrogen and oxygen atoms in total. The summed E-state index contributed by atoms with van der Waals surface area (Å²) in [5.74, 6) is -0.211. The molecular formula is C18H18ClNO6S. The molecule has 0 aromatic heterocycles. The molecule has 0 aliphatic carbocycles. The molecule has 2 aromatic rings. The first-order valence-electron chi connectivity index (χ1n) is 7.60. The molecule has 2 rings (SSSR count). The van der Waals surface area contributed by atoms with Crippen LogP contribution < -0.4 is 14.2 Å².